The first-order chi connectivity index (χ1) is 12.0. The number of nitrogens with zero attached hydrogens (tertiary/aromatic N) is 1. The second kappa shape index (κ2) is 9.65. The van der Waals surface area contributed by atoms with Gasteiger partial charge in [0.25, 0.3) is 5.91 Å². The van der Waals surface area contributed by atoms with Gasteiger partial charge < -0.3 is 10.1 Å². The highest BCUT2D eigenvalue weighted by Gasteiger charge is 2.11. The fourth-order valence-corrected chi connectivity index (χ4v) is 3.49. The molecule has 1 aromatic heterocycles. The number of ether oxygens (including phenoxy) is 1. The van der Waals surface area contributed by atoms with Crippen LogP contribution in [0, 0.1) is 6.92 Å². The standard InChI is InChI=1S/C16H17ClN2O4S2/c1-11-10-25-16(22)19(11)8-15(21)23-9-14(20)18-6-7-24-13-4-2-12(17)3-5-13/h2-5,10H,6-9H2,1H3,(H,18,20). The zero-order valence-corrected chi connectivity index (χ0v) is 15.9. The molecule has 0 saturated heterocycles. The van der Waals surface area contributed by atoms with Crippen molar-refractivity contribution in [3.8, 4) is 0 Å². The molecule has 0 aliphatic heterocycles. The van der Waals surface area contributed by atoms with E-state index in [1.54, 1.807) is 24.1 Å². The Bertz CT molecular complexity index is 786. The maximum Gasteiger partial charge on any atom is 0.326 e. The maximum absolute atomic E-state index is 11.7. The number of carbonyl (C=O) groups is 2. The summed E-state index contributed by atoms with van der Waals surface area (Å²) in [5.74, 6) is -0.307. The third kappa shape index (κ3) is 6.56. The summed E-state index contributed by atoms with van der Waals surface area (Å²) in [5.41, 5.74) is 0.690. The summed E-state index contributed by atoms with van der Waals surface area (Å²) in [6.45, 7) is 1.64. The van der Waals surface area contributed by atoms with E-state index in [-0.39, 0.29) is 23.9 Å². The quantitative estimate of drug-likeness (QED) is 0.418. The van der Waals surface area contributed by atoms with Crippen molar-refractivity contribution in [1.29, 1.82) is 0 Å². The third-order valence-corrected chi connectivity index (χ3v) is 5.28. The number of aromatic nitrogens is 1. The van der Waals surface area contributed by atoms with Crippen LogP contribution in [0.15, 0.2) is 39.3 Å². The second-order valence-electron chi connectivity index (χ2n) is 5.04. The minimum Gasteiger partial charge on any atom is -0.454 e. The van der Waals surface area contributed by atoms with E-state index in [4.69, 9.17) is 16.3 Å². The van der Waals surface area contributed by atoms with E-state index in [1.807, 2.05) is 24.3 Å². The number of rotatable bonds is 8. The average Bonchev–Trinajstić information content (AvgIpc) is 2.90. The predicted molar refractivity (Wildman–Crippen MR) is 99.5 cm³/mol. The number of carbonyl (C=O) groups excluding carboxylic acids is 2. The normalized spacial score (nSPS) is 10.5. The van der Waals surface area contributed by atoms with Gasteiger partial charge in [-0.05, 0) is 31.2 Å². The number of halogens is 1. The van der Waals surface area contributed by atoms with Gasteiger partial charge in [-0.1, -0.05) is 22.9 Å². The molecule has 0 spiro atoms. The number of thioether (sulfide) groups is 1. The van der Waals surface area contributed by atoms with Crippen molar-refractivity contribution in [3.63, 3.8) is 0 Å². The Balaban J connectivity index is 1.62. The lowest BCUT2D eigenvalue weighted by atomic mass is 10.4. The molecule has 1 N–H and O–H groups in total. The van der Waals surface area contributed by atoms with E-state index < -0.39 is 5.97 Å². The minimum absolute atomic E-state index is 0.187. The summed E-state index contributed by atoms with van der Waals surface area (Å²) >= 11 is 8.41. The van der Waals surface area contributed by atoms with Gasteiger partial charge in [-0.15, -0.1) is 11.8 Å². The smallest absolute Gasteiger partial charge is 0.326 e. The summed E-state index contributed by atoms with van der Waals surface area (Å²) < 4.78 is 6.20. The lowest BCUT2D eigenvalue weighted by Gasteiger charge is -2.07. The molecule has 0 radical (unpaired) electrons. The van der Waals surface area contributed by atoms with Crippen LogP contribution in [0.25, 0.3) is 0 Å². The fraction of sp³-hybridized carbons (Fsp3) is 0.312. The van der Waals surface area contributed by atoms with E-state index >= 15 is 0 Å². The molecule has 1 heterocycles. The van der Waals surface area contributed by atoms with Gasteiger partial charge in [-0.25, -0.2) is 0 Å². The molecule has 0 aliphatic carbocycles. The number of hydrogen-bond acceptors (Lipinski definition) is 6. The molecular weight excluding hydrogens is 384 g/mol. The highest BCUT2D eigenvalue weighted by atomic mass is 35.5. The van der Waals surface area contributed by atoms with E-state index in [9.17, 15) is 14.4 Å². The van der Waals surface area contributed by atoms with E-state index in [0.717, 1.165) is 16.2 Å². The Morgan fingerprint density at radius 3 is 2.68 bits per heavy atom. The number of amides is 1. The minimum atomic E-state index is -0.616. The predicted octanol–water partition coefficient (Wildman–Crippen LogP) is 2.32. The number of aryl methyl sites for hydroxylation is 1. The third-order valence-electron chi connectivity index (χ3n) is 3.13. The van der Waals surface area contributed by atoms with Gasteiger partial charge >= 0.3 is 10.8 Å². The van der Waals surface area contributed by atoms with Crippen LogP contribution in [-0.2, 0) is 20.9 Å². The maximum atomic E-state index is 11.7. The summed E-state index contributed by atoms with van der Waals surface area (Å²) in [6, 6.07) is 7.43. The summed E-state index contributed by atoms with van der Waals surface area (Å²) in [5, 5.41) is 5.02. The van der Waals surface area contributed by atoms with Crippen molar-refractivity contribution in [2.75, 3.05) is 18.9 Å². The van der Waals surface area contributed by atoms with Crippen LogP contribution in [-0.4, -0.2) is 35.3 Å². The molecule has 0 fully saturated rings. The van der Waals surface area contributed by atoms with Crippen LogP contribution in [0.3, 0.4) is 0 Å². The molecule has 6 nitrogen and oxygen atoms in total. The molecule has 0 aliphatic rings. The van der Waals surface area contributed by atoms with E-state index in [0.29, 0.717) is 23.0 Å². The highest BCUT2D eigenvalue weighted by Crippen LogP contribution is 2.19. The monoisotopic (exact) mass is 400 g/mol. The summed E-state index contributed by atoms with van der Waals surface area (Å²) in [6.07, 6.45) is 0. The zero-order chi connectivity index (χ0) is 18.2. The van der Waals surface area contributed by atoms with Crippen molar-refractivity contribution in [3.05, 3.63) is 50.0 Å². The molecule has 9 heteroatoms. The van der Waals surface area contributed by atoms with Gasteiger partial charge in [0, 0.05) is 33.3 Å². The van der Waals surface area contributed by atoms with Crippen LogP contribution in [0.4, 0.5) is 0 Å². The molecule has 2 rings (SSSR count). The first kappa shape index (κ1) is 19.6. The van der Waals surface area contributed by atoms with Gasteiger partial charge in [0.15, 0.2) is 6.61 Å². The zero-order valence-electron chi connectivity index (χ0n) is 13.5. The highest BCUT2D eigenvalue weighted by molar-refractivity contribution is 7.99. The van der Waals surface area contributed by atoms with Gasteiger partial charge in [-0.2, -0.15) is 0 Å². The van der Waals surface area contributed by atoms with Crippen LogP contribution < -0.4 is 10.2 Å². The van der Waals surface area contributed by atoms with Crippen LogP contribution in [0.1, 0.15) is 5.69 Å². The largest absolute Gasteiger partial charge is 0.454 e. The Morgan fingerprint density at radius 2 is 2.04 bits per heavy atom. The molecule has 0 bridgehead atoms. The second-order valence-corrected chi connectivity index (χ2v) is 7.47. The number of esters is 1. The lowest BCUT2D eigenvalue weighted by molar-refractivity contribution is -0.149. The molecule has 0 unspecified atom stereocenters. The van der Waals surface area contributed by atoms with Gasteiger partial charge in [0.1, 0.15) is 6.54 Å². The fourth-order valence-electron chi connectivity index (χ4n) is 1.86. The first-order valence-electron chi connectivity index (χ1n) is 7.41. The molecule has 0 saturated carbocycles. The van der Waals surface area contributed by atoms with Gasteiger partial charge in [-0.3, -0.25) is 19.0 Å². The average molecular weight is 401 g/mol. The summed E-state index contributed by atoms with van der Waals surface area (Å²) in [4.78, 5) is 35.7. The van der Waals surface area contributed by atoms with Gasteiger partial charge in [0.2, 0.25) is 0 Å². The number of thiazole rings is 1. The van der Waals surface area contributed by atoms with Crippen LogP contribution in [0.2, 0.25) is 5.02 Å². The van der Waals surface area contributed by atoms with E-state index in [1.165, 1.54) is 4.57 Å². The first-order valence-corrected chi connectivity index (χ1v) is 9.65. The van der Waals surface area contributed by atoms with Crippen molar-refractivity contribution in [2.24, 2.45) is 0 Å². The number of nitrogens with one attached hydrogen (secondary N) is 1. The topological polar surface area (TPSA) is 77.4 Å². The number of hydrogen-bond donors (Lipinski definition) is 1. The molecule has 1 aromatic carbocycles. The SMILES string of the molecule is Cc1csc(=O)n1CC(=O)OCC(=O)NCCSc1ccc(Cl)cc1. The van der Waals surface area contributed by atoms with Crippen molar-refractivity contribution in [1.82, 2.24) is 9.88 Å². The van der Waals surface area contributed by atoms with Gasteiger partial charge in [0.05, 0.1) is 0 Å². The Labute approximate surface area is 158 Å². The van der Waals surface area contributed by atoms with Crippen molar-refractivity contribution < 1.29 is 14.3 Å². The Morgan fingerprint density at radius 1 is 1.32 bits per heavy atom. The van der Waals surface area contributed by atoms with Crippen LogP contribution >= 0.6 is 34.7 Å². The molecule has 134 valence electrons. The number of benzene rings is 1. The van der Waals surface area contributed by atoms with Crippen LogP contribution in [0.5, 0.6) is 0 Å². The Kier molecular flexibility index (Phi) is 7.54. The lowest BCUT2D eigenvalue weighted by Crippen LogP contribution is -2.31. The van der Waals surface area contributed by atoms with E-state index in [2.05, 4.69) is 5.32 Å². The van der Waals surface area contributed by atoms with Crippen molar-refractivity contribution in [2.45, 2.75) is 18.4 Å². The molecule has 25 heavy (non-hydrogen) atoms. The van der Waals surface area contributed by atoms with Crippen molar-refractivity contribution >= 4 is 46.6 Å². The molecule has 1 amide bonds. The molecule has 0 atom stereocenters. The summed E-state index contributed by atoms with van der Waals surface area (Å²) in [7, 11) is 0. The Hall–Kier alpha value is -1.77. The molecular formula is C16H17ClN2O4S2. The molecule has 2 aromatic rings.